The predicted octanol–water partition coefficient (Wildman–Crippen LogP) is 19.7. The first-order valence-electron chi connectivity index (χ1n) is 35.0. The molecule has 0 spiro atoms. The number of hydrogen-bond donors (Lipinski definition) is 0. The Bertz CT molecular complexity index is 4960. The zero-order valence-corrected chi connectivity index (χ0v) is 75.6. The van der Waals surface area contributed by atoms with E-state index < -0.39 is 0 Å². The van der Waals surface area contributed by atoms with Crippen LogP contribution in [0.1, 0.15) is 68.0 Å². The summed E-state index contributed by atoms with van der Waals surface area (Å²) in [4.78, 5) is 23.6. The van der Waals surface area contributed by atoms with Gasteiger partial charge in [0.2, 0.25) is 0 Å². The van der Waals surface area contributed by atoms with Crippen LogP contribution in [0.25, 0.3) is 38.7 Å². The topological polar surface area (TPSA) is 32.4 Å². The fourth-order valence-electron chi connectivity index (χ4n) is 17.3. The van der Waals surface area contributed by atoms with Crippen LogP contribution in [0.15, 0.2) is 292 Å². The predicted molar refractivity (Wildman–Crippen MR) is 417 cm³/mol. The van der Waals surface area contributed by atoms with Crippen molar-refractivity contribution in [1.82, 2.24) is 14.7 Å². The average molecular weight is 1750 g/mol. The second-order valence-corrected chi connectivity index (χ2v) is 27.8. The van der Waals surface area contributed by atoms with E-state index in [4.69, 9.17) is 0 Å². The molecule has 5 atom stereocenters. The first-order valence-corrected chi connectivity index (χ1v) is 35.0. The molecule has 0 saturated heterocycles. The molecular weight excluding hydrogens is 1670 g/mol. The quantitative estimate of drug-likeness (QED) is 0.160. The number of benzene rings is 11. The molecule has 0 saturated carbocycles. The van der Waals surface area contributed by atoms with E-state index in [0.717, 1.165) is 0 Å². The first-order chi connectivity index (χ1) is 48.8. The summed E-state index contributed by atoms with van der Waals surface area (Å²) in [7, 11) is 10.8. The van der Waals surface area contributed by atoms with Crippen LogP contribution in [0.2, 0.25) is 0 Å². The Labute approximate surface area is 748 Å². The van der Waals surface area contributed by atoms with Gasteiger partial charge in [0.05, 0.1) is 59.3 Å². The molecule has 11 aromatic rings. The number of para-hydroxylation sites is 6. The average Bonchev–Trinajstić information content (AvgIpc) is 1.54. The summed E-state index contributed by atoms with van der Waals surface area (Å²) in [6.45, 7) is 11.2. The summed E-state index contributed by atoms with van der Waals surface area (Å²) >= 11 is 0. The van der Waals surface area contributed by atoms with Crippen molar-refractivity contribution in [3.8, 4) is 22.3 Å². The van der Waals surface area contributed by atoms with Gasteiger partial charge in [-0.05, 0) is 51.9 Å². The van der Waals surface area contributed by atoms with E-state index in [9.17, 15) is 0 Å². The number of nitrogens with zero attached hydrogens (tertiary/aromatic N) is 10. The minimum atomic E-state index is 0. The van der Waals surface area contributed by atoms with Gasteiger partial charge in [-0.15, -0.1) is 47.8 Å². The molecule has 105 heavy (non-hydrogen) atoms. The Balaban J connectivity index is 0.000000122. The van der Waals surface area contributed by atoms with Gasteiger partial charge in [0.15, 0.2) is 0 Å². The van der Waals surface area contributed by atoms with E-state index in [1.165, 1.54) is 153 Å². The van der Waals surface area contributed by atoms with E-state index in [0.29, 0.717) is 30.8 Å². The third-order valence-corrected chi connectivity index (χ3v) is 22.1. The van der Waals surface area contributed by atoms with Crippen LogP contribution in [0, 0.1) is 29.6 Å². The van der Waals surface area contributed by atoms with E-state index >= 15 is 0 Å². The van der Waals surface area contributed by atoms with Gasteiger partial charge >= 0.3 is 0 Å². The third kappa shape index (κ3) is 13.6. The second-order valence-electron chi connectivity index (χ2n) is 27.8. The Kier molecular flexibility index (Phi) is 24.3. The molecular formula is C90H83N10Y5-5. The number of likely N-dealkylation sites (N-methyl/N-ethyl adjacent to an activating group) is 5. The molecule has 5 radical (unpaired) electrons. The molecule has 10 nitrogen and oxygen atoms in total. The second kappa shape index (κ2) is 32.5. The number of anilines is 9. The molecule has 21 rings (SSSR count). The largest absolute Gasteiger partial charge is 0.386 e. The van der Waals surface area contributed by atoms with Gasteiger partial charge in [-0.2, -0.15) is 58.1 Å². The number of fused-ring (bicyclic) bond motifs is 20. The summed E-state index contributed by atoms with van der Waals surface area (Å²) in [6, 6.07) is 93.3. The molecule has 0 aromatic heterocycles. The van der Waals surface area contributed by atoms with Crippen molar-refractivity contribution in [2.75, 3.05) is 69.5 Å². The molecule has 0 bridgehead atoms. The van der Waals surface area contributed by atoms with Crippen molar-refractivity contribution in [1.29, 1.82) is 0 Å². The maximum absolute atomic E-state index is 2.48. The summed E-state index contributed by atoms with van der Waals surface area (Å²) in [6.07, 6.45) is 12.6. The zero-order chi connectivity index (χ0) is 68.2. The van der Waals surface area contributed by atoms with Gasteiger partial charge in [0.25, 0.3) is 0 Å². The van der Waals surface area contributed by atoms with Gasteiger partial charge in [-0.1, -0.05) is 262 Å². The SMILES string of the molecule is C[C-]1c2cc(-c3ccccc3)ccc2N2C=CN(C)C12.C[C-]1c2cc3ccccc3cc2N2c3ccccc3N(C)C12.C[C-]1c2ccc(-c3ccccc3)cc2N2C=CN(C)C12.C[C-]1c2ccccc2N2C=C(c3ccccc3)N(C)C12.C[C-]1c2ccccc2N2c3ccccc3N(C)C12.[Y].[Y].[Y].[Y].[Y]. The van der Waals surface area contributed by atoms with Gasteiger partial charge in [0.1, 0.15) is 0 Å². The maximum Gasteiger partial charge on any atom is 0.0719 e. The minimum absolute atomic E-state index is 0. The van der Waals surface area contributed by atoms with Gasteiger partial charge < -0.3 is 49.0 Å². The molecule has 0 fully saturated rings. The molecule has 10 heterocycles. The smallest absolute Gasteiger partial charge is 0.0719 e. The third-order valence-electron chi connectivity index (χ3n) is 22.1. The van der Waals surface area contributed by atoms with Crippen molar-refractivity contribution in [3.05, 3.63) is 355 Å². The Morgan fingerprint density at radius 2 is 0.610 bits per heavy atom. The molecule has 10 aliphatic rings. The molecule has 0 aliphatic carbocycles. The summed E-state index contributed by atoms with van der Waals surface area (Å²) in [5, 5.41) is 2.62. The Morgan fingerprint density at radius 3 is 1.17 bits per heavy atom. The monoisotopic (exact) mass is 1750 g/mol. The van der Waals surface area contributed by atoms with E-state index in [2.05, 4.69) is 411 Å². The van der Waals surface area contributed by atoms with E-state index in [-0.39, 0.29) is 164 Å². The van der Waals surface area contributed by atoms with Crippen LogP contribution in [0.5, 0.6) is 0 Å². The van der Waals surface area contributed by atoms with Crippen LogP contribution in [0.4, 0.5) is 51.2 Å². The fourth-order valence-corrected chi connectivity index (χ4v) is 17.3. The molecule has 0 N–H and O–H groups in total. The first kappa shape index (κ1) is 78.4. The van der Waals surface area contributed by atoms with Crippen LogP contribution >= 0.6 is 0 Å². The number of rotatable bonds is 3. The van der Waals surface area contributed by atoms with Gasteiger partial charge in [0, 0.05) is 230 Å². The minimum Gasteiger partial charge on any atom is -0.386 e. The van der Waals surface area contributed by atoms with E-state index in [1.54, 1.807) is 0 Å². The Hall–Kier alpha value is -6.23. The fraction of sp³-hybridized carbons (Fsp3) is 0.167. The normalized spacial score (nSPS) is 18.6. The van der Waals surface area contributed by atoms with Gasteiger partial charge in [-0.3, -0.25) is 0 Å². The van der Waals surface area contributed by atoms with Gasteiger partial charge in [-0.25, -0.2) is 0 Å². The van der Waals surface area contributed by atoms with Crippen molar-refractivity contribution in [2.45, 2.75) is 65.4 Å². The summed E-state index contributed by atoms with van der Waals surface area (Å²) in [5.41, 5.74) is 26.4. The zero-order valence-electron chi connectivity index (χ0n) is 61.5. The van der Waals surface area contributed by atoms with Crippen LogP contribution < -0.4 is 34.3 Å². The van der Waals surface area contributed by atoms with E-state index in [1.807, 2.05) is 0 Å². The number of hydrogen-bond acceptors (Lipinski definition) is 10. The Morgan fingerprint density at radius 1 is 0.238 bits per heavy atom. The van der Waals surface area contributed by atoms with Crippen LogP contribution in [-0.4, -0.2) is 80.8 Å². The standard InChI is InChI=1S/C20H17N2.3C18H17N2.C16H15N2.5Y/c1-13-16-11-14-7-3-4-8-15(14)12-19(16)22-18-10-6-5-9-17(18)21(2)20(13)22;1-13-15-10-6-7-11-16(15)20-12-17(19(2)18(13)20)14-8-4-3-5-9-14;1-13-16-12-15(14-6-4-3-5-7-14)8-9-17(16)20-11-10-19(2)18(13)20;1-13-16-9-8-15(14-6-4-3-5-7-14)12-17(16)20-11-10-19(2)18(13)20;1-11-12-7-3-4-8-13(12)18-15-10-6-5-9-14(15)17(2)16(11)18;;;;;/h3-12,20H,1-2H3;3*3-12,18H,1-2H3;3-10,16H,1-2H3;;;;;/q5*-1;;;;;. The summed E-state index contributed by atoms with van der Waals surface area (Å²) in [5.74, 6) is 7.13. The molecule has 0 amide bonds. The summed E-state index contributed by atoms with van der Waals surface area (Å²) < 4.78 is 0. The van der Waals surface area contributed by atoms with Crippen molar-refractivity contribution in [2.24, 2.45) is 0 Å². The van der Waals surface area contributed by atoms with Crippen molar-refractivity contribution in [3.63, 3.8) is 0 Å². The molecule has 513 valence electrons. The van der Waals surface area contributed by atoms with Crippen LogP contribution in [0.3, 0.4) is 0 Å². The maximum atomic E-state index is 2.48. The molecule has 11 aromatic carbocycles. The molecule has 5 unspecified atom stereocenters. The molecule has 10 aliphatic heterocycles. The molecule has 15 heteroatoms. The van der Waals surface area contributed by atoms with Crippen molar-refractivity contribution < 1.29 is 164 Å². The van der Waals surface area contributed by atoms with Crippen molar-refractivity contribution >= 4 is 67.7 Å². The van der Waals surface area contributed by atoms with Crippen LogP contribution in [-0.2, 0) is 164 Å².